The predicted molar refractivity (Wildman–Crippen MR) is 78.7 cm³/mol. The molecule has 1 aliphatic rings. The minimum atomic E-state index is 0.0402. The number of nitrogens with zero attached hydrogens (tertiary/aromatic N) is 3. The van der Waals surface area contributed by atoms with Crippen molar-refractivity contribution in [2.24, 2.45) is 0 Å². The maximum absolute atomic E-state index is 12.4. The lowest BCUT2D eigenvalue weighted by atomic mass is 10.2. The second-order valence-corrected chi connectivity index (χ2v) is 5.84. The van der Waals surface area contributed by atoms with Gasteiger partial charge < -0.3 is 10.2 Å². The van der Waals surface area contributed by atoms with Gasteiger partial charge in [0.2, 0.25) is 0 Å². The highest BCUT2D eigenvalue weighted by atomic mass is 32.1. The van der Waals surface area contributed by atoms with Crippen LogP contribution in [0.1, 0.15) is 16.1 Å². The summed E-state index contributed by atoms with van der Waals surface area (Å²) in [4.78, 5) is 23.5. The summed E-state index contributed by atoms with van der Waals surface area (Å²) in [5.41, 5.74) is 0.807. The highest BCUT2D eigenvalue weighted by Crippen LogP contribution is 2.24. The largest absolute Gasteiger partial charge is 0.337 e. The zero-order valence-corrected chi connectivity index (χ0v) is 12.1. The summed E-state index contributed by atoms with van der Waals surface area (Å²) in [6.07, 6.45) is 4.39. The molecule has 1 N–H and O–H groups in total. The normalized spacial score (nSPS) is 18.1. The summed E-state index contributed by atoms with van der Waals surface area (Å²) >= 11 is 1.40. The van der Waals surface area contributed by atoms with Crippen molar-refractivity contribution in [2.45, 2.75) is 12.5 Å². The highest BCUT2D eigenvalue weighted by molar-refractivity contribution is 7.16. The molecule has 0 aliphatic carbocycles. The minimum Gasteiger partial charge on any atom is -0.337 e. The molecule has 0 radical (unpaired) electrons. The van der Waals surface area contributed by atoms with Crippen molar-refractivity contribution in [1.82, 2.24) is 20.2 Å². The molecule has 104 valence electrons. The van der Waals surface area contributed by atoms with Crippen molar-refractivity contribution in [3.05, 3.63) is 35.5 Å². The van der Waals surface area contributed by atoms with Crippen LogP contribution in [-0.4, -0.2) is 47.0 Å². The molecule has 1 saturated heterocycles. The highest BCUT2D eigenvalue weighted by Gasteiger charge is 2.25. The molecule has 1 aliphatic heterocycles. The van der Waals surface area contributed by atoms with Gasteiger partial charge in [-0.25, -0.2) is 4.98 Å². The van der Waals surface area contributed by atoms with Gasteiger partial charge in [0, 0.05) is 25.8 Å². The lowest BCUT2D eigenvalue weighted by molar-refractivity contribution is 0.0748. The average Bonchev–Trinajstić information content (AvgIpc) is 3.18. The topological polar surface area (TPSA) is 58.1 Å². The van der Waals surface area contributed by atoms with Gasteiger partial charge in [-0.3, -0.25) is 9.78 Å². The standard InChI is InChI=1S/C14H16N4OS/c1-18(10-5-7-15-8-10)14(19)12-9-17-13(20-12)11-4-2-3-6-16-11/h2-4,6,9-10,15H,5,7-8H2,1H3. The molecule has 2 aromatic rings. The number of nitrogens with one attached hydrogen (secondary N) is 1. The fraction of sp³-hybridized carbons (Fsp3) is 0.357. The summed E-state index contributed by atoms with van der Waals surface area (Å²) in [5, 5.41) is 4.06. The quantitative estimate of drug-likeness (QED) is 0.933. The van der Waals surface area contributed by atoms with Crippen LogP contribution in [0.2, 0.25) is 0 Å². The van der Waals surface area contributed by atoms with E-state index < -0.39 is 0 Å². The van der Waals surface area contributed by atoms with Crippen molar-refractivity contribution in [1.29, 1.82) is 0 Å². The van der Waals surface area contributed by atoms with Gasteiger partial charge in [0.15, 0.2) is 0 Å². The van der Waals surface area contributed by atoms with Gasteiger partial charge in [-0.05, 0) is 25.1 Å². The van der Waals surface area contributed by atoms with Crippen LogP contribution in [0.4, 0.5) is 0 Å². The molecule has 1 fully saturated rings. The lowest BCUT2D eigenvalue weighted by Gasteiger charge is -2.22. The predicted octanol–water partition coefficient (Wildman–Crippen LogP) is 1.64. The molecule has 1 amide bonds. The molecule has 0 saturated carbocycles. The van der Waals surface area contributed by atoms with Gasteiger partial charge in [0.25, 0.3) is 5.91 Å². The first-order valence-electron chi connectivity index (χ1n) is 6.61. The van der Waals surface area contributed by atoms with Crippen molar-refractivity contribution in [3.63, 3.8) is 0 Å². The Labute approximate surface area is 121 Å². The SMILES string of the molecule is CN(C(=O)c1cnc(-c2ccccn2)s1)C1CCNC1. The summed E-state index contributed by atoms with van der Waals surface area (Å²) in [5.74, 6) is 0.0402. The van der Waals surface area contributed by atoms with E-state index in [0.29, 0.717) is 4.88 Å². The van der Waals surface area contributed by atoms with E-state index in [-0.39, 0.29) is 11.9 Å². The average molecular weight is 288 g/mol. The Kier molecular flexibility index (Phi) is 3.75. The molecule has 0 bridgehead atoms. The third-order valence-electron chi connectivity index (χ3n) is 3.50. The van der Waals surface area contributed by atoms with Gasteiger partial charge in [-0.2, -0.15) is 0 Å². The molecule has 1 unspecified atom stereocenters. The molecular weight excluding hydrogens is 272 g/mol. The Morgan fingerprint density at radius 3 is 3.05 bits per heavy atom. The Bertz CT molecular complexity index is 592. The third-order valence-corrected chi connectivity index (χ3v) is 4.51. The molecule has 0 aromatic carbocycles. The Hall–Kier alpha value is -1.79. The number of carbonyl (C=O) groups excluding carboxylic acids is 1. The van der Waals surface area contributed by atoms with Crippen LogP contribution in [0.5, 0.6) is 0 Å². The van der Waals surface area contributed by atoms with Crippen LogP contribution in [0, 0.1) is 0 Å². The van der Waals surface area contributed by atoms with E-state index in [1.54, 1.807) is 12.4 Å². The summed E-state index contributed by atoms with van der Waals surface area (Å²) in [6, 6.07) is 5.96. The van der Waals surface area contributed by atoms with Crippen molar-refractivity contribution in [2.75, 3.05) is 20.1 Å². The maximum Gasteiger partial charge on any atom is 0.265 e. The van der Waals surface area contributed by atoms with Crippen LogP contribution >= 0.6 is 11.3 Å². The van der Waals surface area contributed by atoms with E-state index in [1.165, 1.54) is 11.3 Å². The molecule has 1 atom stereocenters. The second-order valence-electron chi connectivity index (χ2n) is 4.81. The van der Waals surface area contributed by atoms with Crippen molar-refractivity contribution < 1.29 is 4.79 Å². The van der Waals surface area contributed by atoms with Gasteiger partial charge in [0.05, 0.1) is 11.9 Å². The lowest BCUT2D eigenvalue weighted by Crippen LogP contribution is -2.37. The number of likely N-dealkylation sites (N-methyl/N-ethyl adjacent to an activating group) is 1. The van der Waals surface area contributed by atoms with E-state index in [1.807, 2.05) is 30.1 Å². The first-order chi connectivity index (χ1) is 9.75. The molecule has 3 heterocycles. The van der Waals surface area contributed by atoms with E-state index in [9.17, 15) is 4.79 Å². The van der Waals surface area contributed by atoms with E-state index in [0.717, 1.165) is 30.2 Å². The van der Waals surface area contributed by atoms with Crippen molar-refractivity contribution in [3.8, 4) is 10.7 Å². The number of pyridine rings is 1. The molecular formula is C14H16N4OS. The van der Waals surface area contributed by atoms with Gasteiger partial charge in [-0.15, -0.1) is 11.3 Å². The number of hydrogen-bond acceptors (Lipinski definition) is 5. The molecule has 6 heteroatoms. The van der Waals surface area contributed by atoms with Gasteiger partial charge in [0.1, 0.15) is 9.88 Å². The van der Waals surface area contributed by atoms with Crippen LogP contribution in [-0.2, 0) is 0 Å². The number of thiazole rings is 1. The maximum atomic E-state index is 12.4. The number of aromatic nitrogens is 2. The summed E-state index contributed by atoms with van der Waals surface area (Å²) in [7, 11) is 1.86. The van der Waals surface area contributed by atoms with Crippen LogP contribution in [0.25, 0.3) is 10.7 Å². The number of rotatable bonds is 3. The van der Waals surface area contributed by atoms with Crippen LogP contribution in [0.15, 0.2) is 30.6 Å². The second kappa shape index (κ2) is 5.68. The number of carbonyl (C=O) groups is 1. The number of hydrogen-bond donors (Lipinski definition) is 1. The zero-order valence-electron chi connectivity index (χ0n) is 11.2. The van der Waals surface area contributed by atoms with Crippen molar-refractivity contribution >= 4 is 17.2 Å². The molecule has 0 spiro atoms. The molecule has 3 rings (SSSR count). The monoisotopic (exact) mass is 288 g/mol. The molecule has 2 aromatic heterocycles. The Balaban J connectivity index is 1.78. The fourth-order valence-corrected chi connectivity index (χ4v) is 3.17. The van der Waals surface area contributed by atoms with E-state index in [4.69, 9.17) is 0 Å². The summed E-state index contributed by atoms with van der Waals surface area (Å²) < 4.78 is 0. The fourth-order valence-electron chi connectivity index (χ4n) is 2.29. The molecule has 20 heavy (non-hydrogen) atoms. The minimum absolute atomic E-state index is 0.0402. The third kappa shape index (κ3) is 2.57. The van der Waals surface area contributed by atoms with E-state index in [2.05, 4.69) is 15.3 Å². The van der Waals surface area contributed by atoms with Gasteiger partial charge in [-0.1, -0.05) is 6.07 Å². The Morgan fingerprint density at radius 2 is 2.35 bits per heavy atom. The van der Waals surface area contributed by atoms with Gasteiger partial charge >= 0.3 is 0 Å². The first-order valence-corrected chi connectivity index (χ1v) is 7.42. The smallest absolute Gasteiger partial charge is 0.265 e. The first kappa shape index (κ1) is 13.2. The zero-order chi connectivity index (χ0) is 13.9. The van der Waals surface area contributed by atoms with Crippen LogP contribution < -0.4 is 5.32 Å². The Morgan fingerprint density at radius 1 is 1.45 bits per heavy atom. The summed E-state index contributed by atoms with van der Waals surface area (Å²) in [6.45, 7) is 1.85. The number of amides is 1. The molecule has 5 nitrogen and oxygen atoms in total. The van der Waals surface area contributed by atoms with E-state index >= 15 is 0 Å². The van der Waals surface area contributed by atoms with Crippen LogP contribution in [0.3, 0.4) is 0 Å².